The van der Waals surface area contributed by atoms with Crippen molar-refractivity contribution in [3.05, 3.63) is 35.4 Å². The number of hydrogen-bond acceptors (Lipinski definition) is 6. The Morgan fingerprint density at radius 1 is 0.676 bits per heavy atom. The van der Waals surface area contributed by atoms with Gasteiger partial charge in [0.2, 0.25) is 24.6 Å². The number of carbonyl (C=O) groups is 6. The SMILES string of the molecule is CC(=O)N(CCCCCNC(=O)c1ccc(C(=O)NCCCCCN(C=O)C=O)cc1)C(C)=O. The molecule has 0 aliphatic rings. The van der Waals surface area contributed by atoms with Crippen LogP contribution in [-0.2, 0) is 19.2 Å². The molecular formula is C24H34N4O6. The minimum Gasteiger partial charge on any atom is -0.352 e. The number of amides is 6. The van der Waals surface area contributed by atoms with Crippen molar-refractivity contribution >= 4 is 36.4 Å². The number of rotatable bonds is 16. The normalized spacial score (nSPS) is 10.2. The Balaban J connectivity index is 2.26. The number of carbonyl (C=O) groups excluding carboxylic acids is 6. The summed E-state index contributed by atoms with van der Waals surface area (Å²) < 4.78 is 0. The van der Waals surface area contributed by atoms with Gasteiger partial charge in [-0.1, -0.05) is 0 Å². The van der Waals surface area contributed by atoms with Gasteiger partial charge < -0.3 is 10.6 Å². The quantitative estimate of drug-likeness (QED) is 0.276. The van der Waals surface area contributed by atoms with Crippen molar-refractivity contribution in [2.45, 2.75) is 52.4 Å². The van der Waals surface area contributed by atoms with Crippen LogP contribution in [0.3, 0.4) is 0 Å². The Labute approximate surface area is 200 Å². The monoisotopic (exact) mass is 474 g/mol. The Morgan fingerprint density at radius 2 is 1.09 bits per heavy atom. The molecular weight excluding hydrogens is 440 g/mol. The summed E-state index contributed by atoms with van der Waals surface area (Å²) in [7, 11) is 0. The number of benzene rings is 1. The van der Waals surface area contributed by atoms with Crippen LogP contribution in [0.4, 0.5) is 0 Å². The van der Waals surface area contributed by atoms with Crippen LogP contribution in [0.5, 0.6) is 0 Å². The Kier molecular flexibility index (Phi) is 13.5. The molecule has 0 aromatic heterocycles. The van der Waals surface area contributed by atoms with Crippen molar-refractivity contribution in [2.24, 2.45) is 0 Å². The first-order valence-corrected chi connectivity index (χ1v) is 11.4. The highest BCUT2D eigenvalue weighted by atomic mass is 16.2. The lowest BCUT2D eigenvalue weighted by atomic mass is 10.1. The molecule has 0 fully saturated rings. The first-order chi connectivity index (χ1) is 16.3. The minimum absolute atomic E-state index is 0.235. The first kappa shape index (κ1) is 28.5. The summed E-state index contributed by atoms with van der Waals surface area (Å²) in [6, 6.07) is 6.37. The second-order valence-electron chi connectivity index (χ2n) is 7.85. The zero-order chi connectivity index (χ0) is 25.3. The van der Waals surface area contributed by atoms with Gasteiger partial charge >= 0.3 is 0 Å². The third kappa shape index (κ3) is 10.8. The summed E-state index contributed by atoms with van der Waals surface area (Å²) >= 11 is 0. The van der Waals surface area contributed by atoms with E-state index < -0.39 is 0 Å². The van der Waals surface area contributed by atoms with E-state index in [2.05, 4.69) is 10.6 Å². The van der Waals surface area contributed by atoms with Crippen molar-refractivity contribution in [3.8, 4) is 0 Å². The molecule has 10 heteroatoms. The van der Waals surface area contributed by atoms with Gasteiger partial charge in [0, 0.05) is 51.2 Å². The van der Waals surface area contributed by atoms with Gasteiger partial charge in [0.25, 0.3) is 11.8 Å². The van der Waals surface area contributed by atoms with Crippen LogP contribution in [0.15, 0.2) is 24.3 Å². The molecule has 0 saturated heterocycles. The lowest BCUT2D eigenvalue weighted by molar-refractivity contribution is -0.142. The molecule has 1 aromatic rings. The van der Waals surface area contributed by atoms with E-state index in [0.717, 1.165) is 30.6 Å². The molecule has 34 heavy (non-hydrogen) atoms. The van der Waals surface area contributed by atoms with Crippen molar-refractivity contribution in [3.63, 3.8) is 0 Å². The Morgan fingerprint density at radius 3 is 1.47 bits per heavy atom. The van der Waals surface area contributed by atoms with Gasteiger partial charge in [0.1, 0.15) is 0 Å². The predicted molar refractivity (Wildman–Crippen MR) is 126 cm³/mol. The third-order valence-corrected chi connectivity index (χ3v) is 5.16. The zero-order valence-corrected chi connectivity index (χ0v) is 19.9. The van der Waals surface area contributed by atoms with Crippen LogP contribution in [0, 0.1) is 0 Å². The van der Waals surface area contributed by atoms with Crippen LogP contribution in [-0.4, -0.2) is 72.4 Å². The molecule has 186 valence electrons. The van der Waals surface area contributed by atoms with Crippen molar-refractivity contribution < 1.29 is 28.8 Å². The van der Waals surface area contributed by atoms with Crippen LogP contribution < -0.4 is 10.6 Å². The molecule has 2 N–H and O–H groups in total. The fourth-order valence-electron chi connectivity index (χ4n) is 3.22. The van der Waals surface area contributed by atoms with Gasteiger partial charge in [-0.2, -0.15) is 0 Å². The molecule has 0 atom stereocenters. The Hall–Kier alpha value is -3.56. The maximum Gasteiger partial charge on any atom is 0.251 e. The average molecular weight is 475 g/mol. The van der Waals surface area contributed by atoms with E-state index in [9.17, 15) is 28.8 Å². The molecule has 0 heterocycles. The van der Waals surface area contributed by atoms with Crippen LogP contribution in [0.1, 0.15) is 73.1 Å². The molecule has 0 aliphatic heterocycles. The molecule has 1 rings (SSSR count). The number of nitrogens with zero attached hydrogens (tertiary/aromatic N) is 2. The second kappa shape index (κ2) is 16.1. The molecule has 0 spiro atoms. The lowest BCUT2D eigenvalue weighted by Gasteiger charge is -2.16. The maximum absolute atomic E-state index is 12.3. The largest absolute Gasteiger partial charge is 0.352 e. The molecule has 0 radical (unpaired) electrons. The summed E-state index contributed by atoms with van der Waals surface area (Å²) in [5.41, 5.74) is 0.899. The molecule has 6 amide bonds. The van der Waals surface area contributed by atoms with Crippen molar-refractivity contribution in [1.29, 1.82) is 0 Å². The van der Waals surface area contributed by atoms with Crippen LogP contribution in [0.2, 0.25) is 0 Å². The van der Waals surface area contributed by atoms with Gasteiger partial charge in [-0.05, 0) is 62.8 Å². The molecule has 10 nitrogen and oxygen atoms in total. The Bertz CT molecular complexity index is 818. The van der Waals surface area contributed by atoms with Crippen molar-refractivity contribution in [2.75, 3.05) is 26.2 Å². The summed E-state index contributed by atoms with van der Waals surface area (Å²) in [6.45, 7) is 4.41. The van der Waals surface area contributed by atoms with Crippen LogP contribution >= 0.6 is 0 Å². The number of imide groups is 2. The van der Waals surface area contributed by atoms with Crippen molar-refractivity contribution in [1.82, 2.24) is 20.4 Å². The van der Waals surface area contributed by atoms with Crippen LogP contribution in [0.25, 0.3) is 0 Å². The number of unbranched alkanes of at least 4 members (excludes halogenated alkanes) is 4. The summed E-state index contributed by atoms with van der Waals surface area (Å²) in [5, 5.41) is 5.62. The van der Waals surface area contributed by atoms with E-state index in [1.54, 1.807) is 24.3 Å². The molecule has 0 aliphatic carbocycles. The molecule has 1 aromatic carbocycles. The second-order valence-corrected chi connectivity index (χ2v) is 7.85. The fraction of sp³-hybridized carbons (Fsp3) is 0.500. The molecule has 0 bridgehead atoms. The standard InChI is InChI=1S/C24H34N4O6/c1-19(31)28(20(2)32)16-8-4-6-14-26-24(34)22-11-9-21(10-12-22)23(33)25-13-5-3-7-15-27(17-29)18-30/h9-12,17-18H,3-8,13-16H2,1-2H3,(H,25,33)(H,26,34). The van der Waals surface area contributed by atoms with E-state index >= 15 is 0 Å². The summed E-state index contributed by atoms with van der Waals surface area (Å²) in [4.78, 5) is 70.4. The fourth-order valence-corrected chi connectivity index (χ4v) is 3.22. The highest BCUT2D eigenvalue weighted by Crippen LogP contribution is 2.06. The van der Waals surface area contributed by atoms with E-state index in [4.69, 9.17) is 0 Å². The molecule has 0 unspecified atom stereocenters. The van der Waals surface area contributed by atoms with E-state index in [0.29, 0.717) is 63.0 Å². The van der Waals surface area contributed by atoms with E-state index in [-0.39, 0.29) is 23.6 Å². The number of nitrogens with one attached hydrogen (secondary N) is 2. The number of hydrogen-bond donors (Lipinski definition) is 2. The smallest absolute Gasteiger partial charge is 0.251 e. The van der Waals surface area contributed by atoms with Gasteiger partial charge in [0.05, 0.1) is 0 Å². The van der Waals surface area contributed by atoms with Gasteiger partial charge in [-0.3, -0.25) is 38.6 Å². The average Bonchev–Trinajstić information content (AvgIpc) is 2.82. The minimum atomic E-state index is -0.267. The highest BCUT2D eigenvalue weighted by molar-refractivity contribution is 5.97. The summed E-state index contributed by atoms with van der Waals surface area (Å²) in [5.74, 6) is -1.01. The summed E-state index contributed by atoms with van der Waals surface area (Å²) in [6.07, 6.45) is 5.30. The lowest BCUT2D eigenvalue weighted by Crippen LogP contribution is -2.34. The van der Waals surface area contributed by atoms with Gasteiger partial charge in [-0.15, -0.1) is 0 Å². The third-order valence-electron chi connectivity index (χ3n) is 5.16. The molecule has 0 saturated carbocycles. The van der Waals surface area contributed by atoms with E-state index in [1.165, 1.54) is 18.7 Å². The van der Waals surface area contributed by atoms with Gasteiger partial charge in [0.15, 0.2) is 0 Å². The predicted octanol–water partition coefficient (Wildman–Crippen LogP) is 1.50. The van der Waals surface area contributed by atoms with E-state index in [1.807, 2.05) is 0 Å². The van der Waals surface area contributed by atoms with Gasteiger partial charge in [-0.25, -0.2) is 0 Å². The topological polar surface area (TPSA) is 133 Å². The first-order valence-electron chi connectivity index (χ1n) is 11.4. The maximum atomic E-state index is 12.3. The zero-order valence-electron chi connectivity index (χ0n) is 19.9. The highest BCUT2D eigenvalue weighted by Gasteiger charge is 2.12.